The van der Waals surface area contributed by atoms with Crippen molar-refractivity contribution in [2.45, 2.75) is 17.1 Å². The molecule has 13 heavy (non-hydrogen) atoms. The molecule has 0 heterocycles. The molecular formula is C10H15NOS. The van der Waals surface area contributed by atoms with Crippen LogP contribution in [0.25, 0.3) is 0 Å². The summed E-state index contributed by atoms with van der Waals surface area (Å²) in [4.78, 5) is 1.21. The summed E-state index contributed by atoms with van der Waals surface area (Å²) in [6.07, 6.45) is 0. The van der Waals surface area contributed by atoms with E-state index < -0.39 is 0 Å². The molecule has 0 saturated heterocycles. The van der Waals surface area contributed by atoms with Crippen LogP contribution in [0.3, 0.4) is 0 Å². The van der Waals surface area contributed by atoms with Gasteiger partial charge in [-0.05, 0) is 18.2 Å². The van der Waals surface area contributed by atoms with Crippen LogP contribution in [-0.4, -0.2) is 18.9 Å². The van der Waals surface area contributed by atoms with Crippen molar-refractivity contribution < 1.29 is 4.74 Å². The van der Waals surface area contributed by atoms with Gasteiger partial charge in [0.05, 0.1) is 7.11 Å². The van der Waals surface area contributed by atoms with Crippen molar-refractivity contribution in [3.8, 4) is 5.75 Å². The molecule has 0 spiro atoms. The van der Waals surface area contributed by atoms with Gasteiger partial charge in [-0.1, -0.05) is 13.0 Å². The molecule has 2 nitrogen and oxygen atoms in total. The SMILES string of the molecule is COc1cccc(SC(C)CN)c1. The van der Waals surface area contributed by atoms with Gasteiger partial charge in [0.25, 0.3) is 0 Å². The molecule has 0 bridgehead atoms. The molecule has 72 valence electrons. The Bertz CT molecular complexity index is 265. The van der Waals surface area contributed by atoms with Crippen molar-refractivity contribution in [2.24, 2.45) is 5.73 Å². The molecule has 1 unspecified atom stereocenters. The van der Waals surface area contributed by atoms with Crippen molar-refractivity contribution in [2.75, 3.05) is 13.7 Å². The maximum Gasteiger partial charge on any atom is 0.119 e. The number of nitrogens with two attached hydrogens (primary N) is 1. The highest BCUT2D eigenvalue weighted by atomic mass is 32.2. The van der Waals surface area contributed by atoms with Gasteiger partial charge in [0, 0.05) is 16.7 Å². The van der Waals surface area contributed by atoms with E-state index in [4.69, 9.17) is 10.5 Å². The van der Waals surface area contributed by atoms with Crippen LogP contribution >= 0.6 is 11.8 Å². The lowest BCUT2D eigenvalue weighted by Gasteiger charge is -2.08. The summed E-state index contributed by atoms with van der Waals surface area (Å²) in [5.74, 6) is 0.897. The van der Waals surface area contributed by atoms with Crippen LogP contribution in [0.5, 0.6) is 5.75 Å². The quantitative estimate of drug-likeness (QED) is 0.751. The van der Waals surface area contributed by atoms with Crippen LogP contribution in [0.15, 0.2) is 29.2 Å². The molecule has 0 radical (unpaired) electrons. The standard InChI is InChI=1S/C10H15NOS/c1-8(7-11)13-10-5-3-4-9(6-10)12-2/h3-6,8H,7,11H2,1-2H3. The number of thioether (sulfide) groups is 1. The molecule has 0 amide bonds. The second kappa shape index (κ2) is 5.14. The van der Waals surface area contributed by atoms with Crippen molar-refractivity contribution in [3.63, 3.8) is 0 Å². The van der Waals surface area contributed by atoms with E-state index in [1.54, 1.807) is 18.9 Å². The average Bonchev–Trinajstić information content (AvgIpc) is 2.18. The van der Waals surface area contributed by atoms with Gasteiger partial charge >= 0.3 is 0 Å². The Morgan fingerprint density at radius 3 is 2.92 bits per heavy atom. The predicted molar refractivity (Wildman–Crippen MR) is 57.4 cm³/mol. The molecule has 1 rings (SSSR count). The maximum absolute atomic E-state index is 5.54. The highest BCUT2D eigenvalue weighted by Crippen LogP contribution is 2.25. The van der Waals surface area contributed by atoms with Crippen molar-refractivity contribution >= 4 is 11.8 Å². The van der Waals surface area contributed by atoms with Gasteiger partial charge in [-0.2, -0.15) is 0 Å². The van der Waals surface area contributed by atoms with Gasteiger partial charge in [0.2, 0.25) is 0 Å². The van der Waals surface area contributed by atoms with Crippen LogP contribution in [0, 0.1) is 0 Å². The zero-order valence-electron chi connectivity index (χ0n) is 7.99. The molecule has 0 aliphatic carbocycles. The summed E-state index contributed by atoms with van der Waals surface area (Å²) in [6, 6.07) is 8.03. The zero-order valence-corrected chi connectivity index (χ0v) is 8.80. The predicted octanol–water partition coefficient (Wildman–Crippen LogP) is 2.13. The summed E-state index contributed by atoms with van der Waals surface area (Å²) in [5.41, 5.74) is 5.54. The summed E-state index contributed by atoms with van der Waals surface area (Å²) in [5, 5.41) is 0.451. The Morgan fingerprint density at radius 1 is 1.54 bits per heavy atom. The molecule has 0 aromatic heterocycles. The summed E-state index contributed by atoms with van der Waals surface area (Å²) >= 11 is 1.77. The first-order valence-electron chi connectivity index (χ1n) is 4.27. The molecule has 0 fully saturated rings. The van der Waals surface area contributed by atoms with Gasteiger partial charge in [-0.25, -0.2) is 0 Å². The Labute approximate surface area is 83.5 Å². The number of ether oxygens (including phenoxy) is 1. The van der Waals surface area contributed by atoms with Crippen LogP contribution in [0.1, 0.15) is 6.92 Å². The van der Waals surface area contributed by atoms with E-state index >= 15 is 0 Å². The highest BCUT2D eigenvalue weighted by molar-refractivity contribution is 8.00. The van der Waals surface area contributed by atoms with Crippen LogP contribution in [0.2, 0.25) is 0 Å². The van der Waals surface area contributed by atoms with E-state index in [1.807, 2.05) is 18.2 Å². The smallest absolute Gasteiger partial charge is 0.119 e. The number of hydrogen-bond donors (Lipinski definition) is 1. The van der Waals surface area contributed by atoms with Gasteiger partial charge in [0.1, 0.15) is 5.75 Å². The topological polar surface area (TPSA) is 35.2 Å². The second-order valence-electron chi connectivity index (χ2n) is 2.84. The lowest BCUT2D eigenvalue weighted by Crippen LogP contribution is -2.12. The minimum atomic E-state index is 0.451. The molecule has 0 aliphatic rings. The highest BCUT2D eigenvalue weighted by Gasteiger charge is 2.02. The maximum atomic E-state index is 5.54. The molecule has 0 saturated carbocycles. The third kappa shape index (κ3) is 3.28. The van der Waals surface area contributed by atoms with Gasteiger partial charge in [0.15, 0.2) is 0 Å². The summed E-state index contributed by atoms with van der Waals surface area (Å²) in [7, 11) is 1.68. The lowest BCUT2D eigenvalue weighted by atomic mass is 10.3. The number of hydrogen-bond acceptors (Lipinski definition) is 3. The van der Waals surface area contributed by atoms with E-state index in [-0.39, 0.29) is 0 Å². The normalized spacial score (nSPS) is 12.5. The van der Waals surface area contributed by atoms with E-state index in [1.165, 1.54) is 4.90 Å². The fourth-order valence-corrected chi connectivity index (χ4v) is 1.86. The van der Waals surface area contributed by atoms with Crippen molar-refractivity contribution in [3.05, 3.63) is 24.3 Å². The van der Waals surface area contributed by atoms with Crippen LogP contribution in [0.4, 0.5) is 0 Å². The Morgan fingerprint density at radius 2 is 2.31 bits per heavy atom. The minimum absolute atomic E-state index is 0.451. The summed E-state index contributed by atoms with van der Waals surface area (Å²) in [6.45, 7) is 2.81. The molecule has 2 N–H and O–H groups in total. The Balaban J connectivity index is 2.66. The van der Waals surface area contributed by atoms with Gasteiger partial charge < -0.3 is 10.5 Å². The van der Waals surface area contributed by atoms with E-state index in [0.717, 1.165) is 5.75 Å². The third-order valence-electron chi connectivity index (χ3n) is 1.71. The molecule has 0 aliphatic heterocycles. The molecule has 3 heteroatoms. The first kappa shape index (κ1) is 10.4. The van der Waals surface area contributed by atoms with E-state index in [0.29, 0.717) is 11.8 Å². The van der Waals surface area contributed by atoms with Crippen molar-refractivity contribution in [1.29, 1.82) is 0 Å². The molecule has 1 aromatic carbocycles. The van der Waals surface area contributed by atoms with Crippen LogP contribution < -0.4 is 10.5 Å². The zero-order chi connectivity index (χ0) is 9.68. The number of rotatable bonds is 4. The fourth-order valence-electron chi connectivity index (χ4n) is 0.955. The Hall–Kier alpha value is -0.670. The first-order valence-corrected chi connectivity index (χ1v) is 5.15. The molecule has 1 aromatic rings. The summed E-state index contributed by atoms with van der Waals surface area (Å²) < 4.78 is 5.13. The van der Waals surface area contributed by atoms with Crippen molar-refractivity contribution in [1.82, 2.24) is 0 Å². The molecule has 1 atom stereocenters. The largest absolute Gasteiger partial charge is 0.497 e. The van der Waals surface area contributed by atoms with E-state index in [9.17, 15) is 0 Å². The van der Waals surface area contributed by atoms with E-state index in [2.05, 4.69) is 13.0 Å². The monoisotopic (exact) mass is 197 g/mol. The number of benzene rings is 1. The van der Waals surface area contributed by atoms with Gasteiger partial charge in [-0.15, -0.1) is 11.8 Å². The number of methoxy groups -OCH3 is 1. The third-order valence-corrected chi connectivity index (χ3v) is 2.83. The van der Waals surface area contributed by atoms with Crippen LogP contribution in [-0.2, 0) is 0 Å². The fraction of sp³-hybridized carbons (Fsp3) is 0.400. The first-order chi connectivity index (χ1) is 6.26. The average molecular weight is 197 g/mol. The lowest BCUT2D eigenvalue weighted by molar-refractivity contribution is 0.413. The minimum Gasteiger partial charge on any atom is -0.497 e. The van der Waals surface area contributed by atoms with Gasteiger partial charge in [-0.3, -0.25) is 0 Å². The molecular weight excluding hydrogens is 182 g/mol. The Kier molecular flexibility index (Phi) is 4.12. The second-order valence-corrected chi connectivity index (χ2v) is 4.35.